The van der Waals surface area contributed by atoms with Crippen molar-refractivity contribution in [3.63, 3.8) is 0 Å². The van der Waals surface area contributed by atoms with E-state index in [-0.39, 0.29) is 11.9 Å². The van der Waals surface area contributed by atoms with Gasteiger partial charge in [0.15, 0.2) is 0 Å². The lowest BCUT2D eigenvalue weighted by Crippen LogP contribution is -2.48. The van der Waals surface area contributed by atoms with E-state index < -0.39 is 0 Å². The first-order valence-electron chi connectivity index (χ1n) is 7.79. The first kappa shape index (κ1) is 16.1. The molecular weight excluding hydrogens is 302 g/mol. The summed E-state index contributed by atoms with van der Waals surface area (Å²) in [7, 11) is 3.27. The zero-order chi connectivity index (χ0) is 17.4. The molecule has 1 atom stereocenters. The van der Waals surface area contributed by atoms with Crippen molar-refractivity contribution in [2.75, 3.05) is 19.1 Å². The Balaban J connectivity index is 2.04. The number of ether oxygens (including phenoxy) is 2. The topological polar surface area (TPSA) is 38.8 Å². The van der Waals surface area contributed by atoms with Crippen LogP contribution in [0.15, 0.2) is 48.6 Å². The molecule has 0 bridgehead atoms. The number of benzene rings is 2. The summed E-state index contributed by atoms with van der Waals surface area (Å²) in [5.74, 6) is 1.48. The summed E-state index contributed by atoms with van der Waals surface area (Å²) >= 11 is 0. The molecule has 4 heteroatoms. The number of hydrogen-bond acceptors (Lipinski definition) is 3. The Morgan fingerprint density at radius 2 is 1.83 bits per heavy atom. The largest absolute Gasteiger partial charge is 0.497 e. The zero-order valence-electron chi connectivity index (χ0n) is 14.4. The molecule has 0 aliphatic carbocycles. The lowest BCUT2D eigenvalue weighted by atomic mass is 9.88. The standard InChI is InChI=1S/C20H21NO3/c1-12-9-16(11-18(24-5)13(12)2)21-19(14(3)20(21)22)15-7-6-8-17(10-15)23-4/h6-11,19H,3H2,1-2,4-5H3/t19-/m1/s1. The monoisotopic (exact) mass is 323 g/mol. The van der Waals surface area contributed by atoms with Gasteiger partial charge in [0, 0.05) is 17.3 Å². The van der Waals surface area contributed by atoms with Crippen LogP contribution in [0.3, 0.4) is 0 Å². The molecular formula is C20H21NO3. The SMILES string of the molecule is C=C1C(=O)N(c2cc(C)c(C)c(OC)c2)[C@H]1c1cccc(OC)c1. The first-order chi connectivity index (χ1) is 11.5. The maximum absolute atomic E-state index is 12.5. The number of amides is 1. The number of methoxy groups -OCH3 is 2. The fourth-order valence-electron chi connectivity index (χ4n) is 3.07. The highest BCUT2D eigenvalue weighted by molar-refractivity contribution is 6.15. The Kier molecular flexibility index (Phi) is 4.06. The predicted molar refractivity (Wildman–Crippen MR) is 94.8 cm³/mol. The second-order valence-corrected chi connectivity index (χ2v) is 5.97. The number of carbonyl (C=O) groups is 1. The van der Waals surface area contributed by atoms with Crippen molar-refractivity contribution >= 4 is 11.6 Å². The van der Waals surface area contributed by atoms with Gasteiger partial charge in [-0.25, -0.2) is 0 Å². The molecule has 0 aromatic heterocycles. The number of hydrogen-bond donors (Lipinski definition) is 0. The van der Waals surface area contributed by atoms with Gasteiger partial charge in [0.1, 0.15) is 11.5 Å². The molecule has 124 valence electrons. The lowest BCUT2D eigenvalue weighted by Gasteiger charge is -2.43. The summed E-state index contributed by atoms with van der Waals surface area (Å²) in [5, 5.41) is 0. The van der Waals surface area contributed by atoms with Gasteiger partial charge >= 0.3 is 0 Å². The van der Waals surface area contributed by atoms with Crippen molar-refractivity contribution in [2.45, 2.75) is 19.9 Å². The molecule has 0 unspecified atom stereocenters. The molecule has 3 rings (SSSR count). The van der Waals surface area contributed by atoms with E-state index in [4.69, 9.17) is 9.47 Å². The summed E-state index contributed by atoms with van der Waals surface area (Å²) < 4.78 is 10.7. The van der Waals surface area contributed by atoms with Crippen LogP contribution in [-0.2, 0) is 4.79 Å². The van der Waals surface area contributed by atoms with E-state index in [1.165, 1.54) is 0 Å². The normalized spacial score (nSPS) is 16.8. The van der Waals surface area contributed by atoms with Crippen LogP contribution < -0.4 is 14.4 Å². The van der Waals surface area contributed by atoms with Crippen LogP contribution in [0.2, 0.25) is 0 Å². The molecule has 1 aliphatic rings. The number of anilines is 1. The van der Waals surface area contributed by atoms with Crippen LogP contribution in [0.25, 0.3) is 0 Å². The van der Waals surface area contributed by atoms with E-state index in [1.54, 1.807) is 19.1 Å². The summed E-state index contributed by atoms with van der Waals surface area (Å²) in [6, 6.07) is 11.5. The maximum Gasteiger partial charge on any atom is 0.256 e. The van der Waals surface area contributed by atoms with E-state index in [1.807, 2.05) is 50.2 Å². The molecule has 1 saturated heterocycles. The first-order valence-corrected chi connectivity index (χ1v) is 7.79. The van der Waals surface area contributed by atoms with Crippen LogP contribution in [0.5, 0.6) is 11.5 Å². The van der Waals surface area contributed by atoms with E-state index in [0.717, 1.165) is 33.9 Å². The van der Waals surface area contributed by atoms with Gasteiger partial charge in [-0.15, -0.1) is 0 Å². The van der Waals surface area contributed by atoms with Crippen molar-refractivity contribution in [1.29, 1.82) is 0 Å². The van der Waals surface area contributed by atoms with Crippen molar-refractivity contribution in [2.24, 2.45) is 0 Å². The number of nitrogens with zero attached hydrogens (tertiary/aromatic N) is 1. The van der Waals surface area contributed by atoms with Crippen LogP contribution >= 0.6 is 0 Å². The molecule has 1 aliphatic heterocycles. The summed E-state index contributed by atoms with van der Waals surface area (Å²) in [6.07, 6.45) is 0. The average molecular weight is 323 g/mol. The van der Waals surface area contributed by atoms with Crippen LogP contribution in [0.1, 0.15) is 22.7 Å². The van der Waals surface area contributed by atoms with Gasteiger partial charge < -0.3 is 9.47 Å². The van der Waals surface area contributed by atoms with Gasteiger partial charge in [0.25, 0.3) is 5.91 Å². The second-order valence-electron chi connectivity index (χ2n) is 5.97. The minimum Gasteiger partial charge on any atom is -0.497 e. The number of aryl methyl sites for hydroxylation is 1. The summed E-state index contributed by atoms with van der Waals surface area (Å²) in [5.41, 5.74) is 4.54. The third-order valence-electron chi connectivity index (χ3n) is 4.59. The van der Waals surface area contributed by atoms with Gasteiger partial charge in [-0.3, -0.25) is 9.69 Å². The molecule has 0 radical (unpaired) electrons. The van der Waals surface area contributed by atoms with Crippen molar-refractivity contribution < 1.29 is 14.3 Å². The molecule has 0 N–H and O–H groups in total. The molecule has 0 saturated carbocycles. The Morgan fingerprint density at radius 3 is 2.50 bits per heavy atom. The van der Waals surface area contributed by atoms with Gasteiger partial charge in [-0.05, 0) is 48.7 Å². The quantitative estimate of drug-likeness (QED) is 0.631. The third kappa shape index (κ3) is 2.44. The Hall–Kier alpha value is -2.75. The average Bonchev–Trinajstić information content (AvgIpc) is 2.61. The molecule has 1 fully saturated rings. The highest BCUT2D eigenvalue weighted by Gasteiger charge is 2.43. The van der Waals surface area contributed by atoms with Gasteiger partial charge in [-0.2, -0.15) is 0 Å². The Bertz CT molecular complexity index is 826. The highest BCUT2D eigenvalue weighted by atomic mass is 16.5. The van der Waals surface area contributed by atoms with Crippen LogP contribution in [-0.4, -0.2) is 20.1 Å². The Morgan fingerprint density at radius 1 is 1.08 bits per heavy atom. The third-order valence-corrected chi connectivity index (χ3v) is 4.59. The summed E-state index contributed by atoms with van der Waals surface area (Å²) in [4.78, 5) is 14.2. The van der Waals surface area contributed by atoms with E-state index in [0.29, 0.717) is 5.57 Å². The number of β-lactam (4-membered cyclic amide) rings is 1. The van der Waals surface area contributed by atoms with Crippen LogP contribution in [0, 0.1) is 13.8 Å². The molecule has 0 spiro atoms. The fraction of sp³-hybridized carbons (Fsp3) is 0.250. The number of rotatable bonds is 4. The van der Waals surface area contributed by atoms with E-state index >= 15 is 0 Å². The van der Waals surface area contributed by atoms with Crippen molar-refractivity contribution in [1.82, 2.24) is 0 Å². The number of carbonyl (C=O) groups excluding carboxylic acids is 1. The van der Waals surface area contributed by atoms with Gasteiger partial charge in [0.05, 0.1) is 20.3 Å². The lowest BCUT2D eigenvalue weighted by molar-refractivity contribution is -0.118. The van der Waals surface area contributed by atoms with Gasteiger partial charge in [0.2, 0.25) is 0 Å². The highest BCUT2D eigenvalue weighted by Crippen LogP contribution is 2.44. The molecule has 2 aromatic rings. The molecule has 2 aromatic carbocycles. The van der Waals surface area contributed by atoms with Crippen molar-refractivity contribution in [3.8, 4) is 11.5 Å². The maximum atomic E-state index is 12.5. The minimum absolute atomic E-state index is 0.0619. The van der Waals surface area contributed by atoms with Crippen LogP contribution in [0.4, 0.5) is 5.69 Å². The second kappa shape index (κ2) is 6.04. The minimum atomic E-state index is -0.181. The van der Waals surface area contributed by atoms with E-state index in [9.17, 15) is 4.79 Å². The van der Waals surface area contributed by atoms with Crippen molar-refractivity contribution in [3.05, 3.63) is 65.2 Å². The smallest absolute Gasteiger partial charge is 0.256 e. The van der Waals surface area contributed by atoms with E-state index in [2.05, 4.69) is 6.58 Å². The molecule has 4 nitrogen and oxygen atoms in total. The Labute approximate surface area is 142 Å². The predicted octanol–water partition coefficient (Wildman–Crippen LogP) is 3.96. The molecule has 1 heterocycles. The molecule has 1 amide bonds. The summed E-state index contributed by atoms with van der Waals surface area (Å²) in [6.45, 7) is 7.97. The molecule has 24 heavy (non-hydrogen) atoms. The fourth-order valence-corrected chi connectivity index (χ4v) is 3.07. The van der Waals surface area contributed by atoms with Gasteiger partial charge in [-0.1, -0.05) is 18.7 Å². The zero-order valence-corrected chi connectivity index (χ0v) is 14.4.